The zero-order chi connectivity index (χ0) is 16.3. The number of unbranched alkanes of at least 4 members (excludes halogenated alkanes) is 11. The second-order valence-corrected chi connectivity index (χ2v) is 5.91. The van der Waals surface area contributed by atoms with Crippen molar-refractivity contribution in [1.29, 1.82) is 0 Å². The predicted octanol–water partition coefficient (Wildman–Crippen LogP) is 5.44. The number of alkyl carbamates (subject to hydrolysis) is 1. The van der Waals surface area contributed by atoms with E-state index in [0.29, 0.717) is 19.6 Å². The molecule has 0 spiro atoms. The van der Waals surface area contributed by atoms with Crippen LogP contribution in [-0.2, 0) is 4.74 Å². The van der Waals surface area contributed by atoms with E-state index in [4.69, 9.17) is 11.2 Å². The summed E-state index contributed by atoms with van der Waals surface area (Å²) in [6.07, 6.45) is 21.1. The molecule has 0 unspecified atom stereocenters. The molecule has 0 radical (unpaired) electrons. The minimum absolute atomic E-state index is 0.306. The zero-order valence-electron chi connectivity index (χ0n) is 14.5. The van der Waals surface area contributed by atoms with Crippen LogP contribution in [-0.4, -0.2) is 19.2 Å². The summed E-state index contributed by atoms with van der Waals surface area (Å²) in [5.41, 5.74) is 0. The minimum atomic E-state index is -0.349. The molecule has 0 heterocycles. The Kier molecular flexibility index (Phi) is 16.9. The van der Waals surface area contributed by atoms with Crippen LogP contribution >= 0.6 is 0 Å². The Hall–Kier alpha value is -1.17. The number of amides is 1. The van der Waals surface area contributed by atoms with Gasteiger partial charge in [-0.1, -0.05) is 77.6 Å². The van der Waals surface area contributed by atoms with Crippen LogP contribution in [0.5, 0.6) is 0 Å². The number of ether oxygens (including phenoxy) is 1. The number of hydrogen-bond acceptors (Lipinski definition) is 2. The Morgan fingerprint density at radius 2 is 1.41 bits per heavy atom. The van der Waals surface area contributed by atoms with Crippen molar-refractivity contribution in [2.45, 2.75) is 90.4 Å². The minimum Gasteiger partial charge on any atom is -0.449 e. The molecule has 0 atom stereocenters. The van der Waals surface area contributed by atoms with Gasteiger partial charge in [0.1, 0.15) is 6.61 Å². The maximum absolute atomic E-state index is 11.2. The largest absolute Gasteiger partial charge is 0.449 e. The Bertz CT molecular complexity index is 284. The van der Waals surface area contributed by atoms with Gasteiger partial charge in [0.15, 0.2) is 0 Å². The Balaban J connectivity index is 3.08. The van der Waals surface area contributed by atoms with E-state index in [1.54, 1.807) is 0 Å². The van der Waals surface area contributed by atoms with Crippen molar-refractivity contribution >= 4 is 6.09 Å². The Labute approximate surface area is 137 Å². The van der Waals surface area contributed by atoms with Crippen molar-refractivity contribution in [1.82, 2.24) is 5.32 Å². The molecular weight excluding hydrogens is 274 g/mol. The van der Waals surface area contributed by atoms with Crippen molar-refractivity contribution in [3.63, 3.8) is 0 Å². The van der Waals surface area contributed by atoms with Gasteiger partial charge in [-0.15, -0.1) is 12.3 Å². The first-order valence-corrected chi connectivity index (χ1v) is 9.15. The van der Waals surface area contributed by atoms with Gasteiger partial charge >= 0.3 is 6.09 Å². The molecule has 1 N–H and O–H groups in total. The Morgan fingerprint density at radius 3 is 1.91 bits per heavy atom. The summed E-state index contributed by atoms with van der Waals surface area (Å²) in [5, 5.41) is 2.75. The maximum atomic E-state index is 11.2. The van der Waals surface area contributed by atoms with Crippen molar-refractivity contribution in [3.8, 4) is 12.3 Å². The molecule has 0 fully saturated rings. The molecule has 0 aromatic heterocycles. The van der Waals surface area contributed by atoms with E-state index in [9.17, 15) is 4.79 Å². The van der Waals surface area contributed by atoms with Crippen LogP contribution in [0.2, 0.25) is 0 Å². The van der Waals surface area contributed by atoms with Crippen LogP contribution in [0.25, 0.3) is 0 Å². The van der Waals surface area contributed by atoms with Crippen LogP contribution in [0.4, 0.5) is 4.79 Å². The Morgan fingerprint density at radius 1 is 0.909 bits per heavy atom. The summed E-state index contributed by atoms with van der Waals surface area (Å²) in [7, 11) is 0. The van der Waals surface area contributed by atoms with Crippen LogP contribution < -0.4 is 5.32 Å². The molecule has 128 valence electrons. The number of terminal acetylenes is 1. The molecule has 0 aliphatic heterocycles. The number of carbonyl (C=O) groups excluding carboxylic acids is 1. The molecule has 0 rings (SSSR count). The van der Waals surface area contributed by atoms with Crippen LogP contribution in [0.3, 0.4) is 0 Å². The molecule has 0 saturated heterocycles. The van der Waals surface area contributed by atoms with Crippen molar-refractivity contribution in [3.05, 3.63) is 0 Å². The normalized spacial score (nSPS) is 10.2. The fraction of sp³-hybridized carbons (Fsp3) is 0.842. The first kappa shape index (κ1) is 20.8. The monoisotopic (exact) mass is 309 g/mol. The first-order valence-electron chi connectivity index (χ1n) is 9.15. The standard InChI is InChI=1S/C19H35NO2/c1-3-5-7-8-9-10-11-12-13-14-15-16-17-20-19(21)22-18-6-4-2/h2H,3,5-18H2,1H3,(H,20,21). The molecule has 0 aromatic rings. The topological polar surface area (TPSA) is 38.3 Å². The summed E-state index contributed by atoms with van der Waals surface area (Å²) in [4.78, 5) is 11.2. The van der Waals surface area contributed by atoms with E-state index >= 15 is 0 Å². The third-order valence-corrected chi connectivity index (χ3v) is 3.78. The molecule has 3 heteroatoms. The lowest BCUT2D eigenvalue weighted by Gasteiger charge is -2.06. The van der Waals surface area contributed by atoms with Gasteiger partial charge in [-0.3, -0.25) is 0 Å². The highest BCUT2D eigenvalue weighted by Gasteiger charge is 1.99. The predicted molar refractivity (Wildman–Crippen MR) is 93.9 cm³/mol. The molecule has 0 bridgehead atoms. The van der Waals surface area contributed by atoms with E-state index in [1.165, 1.54) is 70.6 Å². The average Bonchev–Trinajstić information content (AvgIpc) is 2.52. The summed E-state index contributed by atoms with van der Waals surface area (Å²) in [5.74, 6) is 2.44. The third kappa shape index (κ3) is 16.9. The van der Waals surface area contributed by atoms with Gasteiger partial charge in [0.25, 0.3) is 0 Å². The molecule has 0 aliphatic carbocycles. The van der Waals surface area contributed by atoms with E-state index in [-0.39, 0.29) is 6.09 Å². The van der Waals surface area contributed by atoms with Gasteiger partial charge in [-0.2, -0.15) is 0 Å². The second-order valence-electron chi connectivity index (χ2n) is 5.91. The van der Waals surface area contributed by atoms with E-state index < -0.39 is 0 Å². The zero-order valence-corrected chi connectivity index (χ0v) is 14.5. The number of nitrogens with one attached hydrogen (secondary N) is 1. The SMILES string of the molecule is C#CCCOC(=O)NCCCCCCCCCCCCCC. The summed E-state index contributed by atoms with van der Waals surface area (Å²) < 4.78 is 4.90. The van der Waals surface area contributed by atoms with Gasteiger partial charge in [-0.05, 0) is 6.42 Å². The van der Waals surface area contributed by atoms with E-state index in [0.717, 1.165) is 6.42 Å². The molecular formula is C19H35NO2. The lowest BCUT2D eigenvalue weighted by molar-refractivity contribution is 0.148. The lowest BCUT2D eigenvalue weighted by Crippen LogP contribution is -2.25. The quantitative estimate of drug-likeness (QED) is 0.323. The van der Waals surface area contributed by atoms with Crippen molar-refractivity contribution in [2.75, 3.05) is 13.2 Å². The highest BCUT2D eigenvalue weighted by atomic mass is 16.5. The van der Waals surface area contributed by atoms with Gasteiger partial charge in [0, 0.05) is 13.0 Å². The fourth-order valence-electron chi connectivity index (χ4n) is 2.41. The molecule has 3 nitrogen and oxygen atoms in total. The highest BCUT2D eigenvalue weighted by Crippen LogP contribution is 2.11. The number of rotatable bonds is 15. The van der Waals surface area contributed by atoms with Crippen LogP contribution in [0.1, 0.15) is 90.4 Å². The fourth-order valence-corrected chi connectivity index (χ4v) is 2.41. The van der Waals surface area contributed by atoms with E-state index in [2.05, 4.69) is 18.2 Å². The summed E-state index contributed by atoms with van der Waals surface area (Å²) >= 11 is 0. The second kappa shape index (κ2) is 17.9. The maximum Gasteiger partial charge on any atom is 0.407 e. The number of carbonyl (C=O) groups is 1. The van der Waals surface area contributed by atoms with Crippen LogP contribution in [0, 0.1) is 12.3 Å². The third-order valence-electron chi connectivity index (χ3n) is 3.78. The van der Waals surface area contributed by atoms with Crippen molar-refractivity contribution < 1.29 is 9.53 Å². The number of hydrogen-bond donors (Lipinski definition) is 1. The average molecular weight is 309 g/mol. The van der Waals surface area contributed by atoms with Gasteiger partial charge in [0.2, 0.25) is 0 Å². The molecule has 22 heavy (non-hydrogen) atoms. The molecule has 0 aliphatic rings. The summed E-state index contributed by atoms with van der Waals surface area (Å²) in [6.45, 7) is 3.27. The lowest BCUT2D eigenvalue weighted by atomic mass is 10.1. The van der Waals surface area contributed by atoms with E-state index in [1.807, 2.05) is 0 Å². The smallest absolute Gasteiger partial charge is 0.407 e. The summed E-state index contributed by atoms with van der Waals surface area (Å²) in [6, 6.07) is 0. The first-order chi connectivity index (χ1) is 10.8. The van der Waals surface area contributed by atoms with Gasteiger partial charge in [-0.25, -0.2) is 4.79 Å². The molecule has 0 aromatic carbocycles. The van der Waals surface area contributed by atoms with Gasteiger partial charge in [0.05, 0.1) is 0 Å². The van der Waals surface area contributed by atoms with Crippen molar-refractivity contribution in [2.24, 2.45) is 0 Å². The molecule has 1 amide bonds. The highest BCUT2D eigenvalue weighted by molar-refractivity contribution is 5.66. The molecule has 0 saturated carbocycles. The van der Waals surface area contributed by atoms with Gasteiger partial charge < -0.3 is 10.1 Å². The van der Waals surface area contributed by atoms with Crippen LogP contribution in [0.15, 0.2) is 0 Å².